The number of benzene rings is 2. The predicted molar refractivity (Wildman–Crippen MR) is 110 cm³/mol. The molecule has 0 radical (unpaired) electrons. The summed E-state index contributed by atoms with van der Waals surface area (Å²) in [6, 6.07) is 9.62. The number of piperidine rings is 1. The summed E-state index contributed by atoms with van der Waals surface area (Å²) in [7, 11) is -3.72. The van der Waals surface area contributed by atoms with E-state index >= 15 is 0 Å². The monoisotopic (exact) mass is 448 g/mol. The quantitative estimate of drug-likeness (QED) is 0.650. The lowest BCUT2D eigenvalue weighted by Crippen LogP contribution is -2.39. The minimum atomic E-state index is -3.72. The molecule has 1 fully saturated rings. The number of H-pyrrole nitrogens is 1. The van der Waals surface area contributed by atoms with E-state index in [9.17, 15) is 22.0 Å². The van der Waals surface area contributed by atoms with Crippen LogP contribution in [0.5, 0.6) is 0 Å². The number of aromatic amines is 1. The van der Waals surface area contributed by atoms with Gasteiger partial charge in [0, 0.05) is 19.5 Å². The molecule has 0 bridgehead atoms. The lowest BCUT2D eigenvalue weighted by Gasteiger charge is -2.31. The average molecular weight is 448 g/mol. The zero-order valence-corrected chi connectivity index (χ0v) is 17.7. The van der Waals surface area contributed by atoms with Crippen molar-refractivity contribution in [2.45, 2.75) is 31.1 Å². The van der Waals surface area contributed by atoms with Crippen molar-refractivity contribution in [2.24, 2.45) is 5.92 Å². The Morgan fingerprint density at radius 2 is 1.84 bits per heavy atom. The van der Waals surface area contributed by atoms with Crippen molar-refractivity contribution in [3.8, 4) is 5.69 Å². The fourth-order valence-electron chi connectivity index (χ4n) is 4.00. The molecule has 0 saturated carbocycles. The Balaban J connectivity index is 1.49. The number of rotatable bonds is 5. The maximum absolute atomic E-state index is 14.2. The van der Waals surface area contributed by atoms with Crippen LogP contribution < -0.4 is 5.69 Å². The van der Waals surface area contributed by atoms with Gasteiger partial charge in [-0.15, -0.1) is 0 Å². The van der Waals surface area contributed by atoms with Gasteiger partial charge in [-0.25, -0.2) is 31.7 Å². The summed E-state index contributed by atoms with van der Waals surface area (Å²) in [6.45, 7) is 2.18. The van der Waals surface area contributed by atoms with Gasteiger partial charge in [-0.3, -0.25) is 0 Å². The summed E-state index contributed by atoms with van der Waals surface area (Å²) in [5, 5.41) is 6.43. The van der Waals surface area contributed by atoms with E-state index in [1.165, 1.54) is 33.1 Å². The van der Waals surface area contributed by atoms with Crippen LogP contribution in [0.25, 0.3) is 5.69 Å². The van der Waals surface area contributed by atoms with E-state index in [1.807, 2.05) is 0 Å². The predicted octanol–water partition coefficient (Wildman–Crippen LogP) is 2.79. The number of para-hydroxylation sites is 1. The maximum Gasteiger partial charge on any atom is 0.348 e. The van der Waals surface area contributed by atoms with Gasteiger partial charge in [-0.2, -0.15) is 9.40 Å². The molecule has 10 heteroatoms. The summed E-state index contributed by atoms with van der Waals surface area (Å²) in [5.41, 5.74) is -0.0255. The summed E-state index contributed by atoms with van der Waals surface area (Å²) in [5.74, 6) is -0.509. The molecule has 1 aliphatic rings. The Hall–Kier alpha value is -2.85. The Bertz CT molecular complexity index is 1260. The lowest BCUT2D eigenvalue weighted by atomic mass is 9.94. The molecule has 0 amide bonds. The highest BCUT2D eigenvalue weighted by atomic mass is 32.2. The molecule has 0 aliphatic carbocycles. The summed E-state index contributed by atoms with van der Waals surface area (Å²) < 4.78 is 56.1. The first-order valence-corrected chi connectivity index (χ1v) is 11.4. The molecule has 1 aromatic heterocycles. The number of hydrogen-bond acceptors (Lipinski definition) is 4. The first-order chi connectivity index (χ1) is 14.8. The minimum Gasteiger partial charge on any atom is -0.246 e. The van der Waals surface area contributed by atoms with Crippen LogP contribution in [-0.4, -0.2) is 40.6 Å². The molecule has 4 rings (SSSR count). The number of nitrogens with one attached hydrogen (secondary N) is 1. The lowest BCUT2D eigenvalue weighted by molar-refractivity contribution is 0.269. The molecule has 1 aliphatic heterocycles. The Kier molecular flexibility index (Phi) is 5.76. The number of hydrogen-bond donors (Lipinski definition) is 1. The van der Waals surface area contributed by atoms with E-state index in [0.717, 1.165) is 6.07 Å². The molecular formula is C21H22F2N4O3S. The van der Waals surface area contributed by atoms with Gasteiger partial charge in [0.1, 0.15) is 17.5 Å². The van der Waals surface area contributed by atoms with E-state index in [0.29, 0.717) is 43.7 Å². The fourth-order valence-corrected chi connectivity index (χ4v) is 5.68. The Labute approximate surface area is 178 Å². The van der Waals surface area contributed by atoms with Crippen molar-refractivity contribution >= 4 is 10.0 Å². The molecule has 0 atom stereocenters. The third-order valence-corrected chi connectivity index (χ3v) is 7.69. The van der Waals surface area contributed by atoms with Gasteiger partial charge in [0.25, 0.3) is 0 Å². The number of aryl methyl sites for hydroxylation is 1. The van der Waals surface area contributed by atoms with E-state index in [2.05, 4.69) is 10.2 Å². The van der Waals surface area contributed by atoms with Crippen molar-refractivity contribution in [1.82, 2.24) is 19.1 Å². The molecule has 164 valence electrons. The van der Waals surface area contributed by atoms with Gasteiger partial charge < -0.3 is 0 Å². The summed E-state index contributed by atoms with van der Waals surface area (Å²) in [4.78, 5) is 12.3. The Morgan fingerprint density at radius 3 is 2.52 bits per heavy atom. The highest BCUT2D eigenvalue weighted by Crippen LogP contribution is 2.28. The summed E-state index contributed by atoms with van der Waals surface area (Å²) >= 11 is 0. The van der Waals surface area contributed by atoms with Crippen LogP contribution in [0.2, 0.25) is 0 Å². The third-order valence-electron chi connectivity index (χ3n) is 5.63. The van der Waals surface area contributed by atoms with Gasteiger partial charge in [-0.05, 0) is 61.6 Å². The van der Waals surface area contributed by atoms with E-state index in [4.69, 9.17) is 0 Å². The molecule has 3 aromatic rings. The molecule has 1 saturated heterocycles. The first kappa shape index (κ1) is 21.4. The highest BCUT2D eigenvalue weighted by molar-refractivity contribution is 7.89. The normalized spacial score (nSPS) is 16.0. The SMILES string of the molecule is Cc1cc(F)ccc1S(=O)(=O)N1CCC(Cc2n[nH]c(=O)n2-c2ccccc2F)CC1. The van der Waals surface area contributed by atoms with Crippen LogP contribution in [0.1, 0.15) is 24.2 Å². The Morgan fingerprint density at radius 1 is 1.13 bits per heavy atom. The summed E-state index contributed by atoms with van der Waals surface area (Å²) in [6.07, 6.45) is 1.55. The second-order valence-corrected chi connectivity index (χ2v) is 9.60. The smallest absolute Gasteiger partial charge is 0.246 e. The molecule has 7 nitrogen and oxygen atoms in total. The van der Waals surface area contributed by atoms with Gasteiger partial charge in [0.05, 0.1) is 10.6 Å². The van der Waals surface area contributed by atoms with Gasteiger partial charge in [0.15, 0.2) is 0 Å². The van der Waals surface area contributed by atoms with Crippen LogP contribution in [0.15, 0.2) is 52.2 Å². The van der Waals surface area contributed by atoms with Crippen molar-refractivity contribution in [1.29, 1.82) is 0 Å². The van der Waals surface area contributed by atoms with Crippen LogP contribution in [0.4, 0.5) is 8.78 Å². The van der Waals surface area contributed by atoms with Gasteiger partial charge in [-0.1, -0.05) is 12.1 Å². The molecule has 2 aromatic carbocycles. The molecule has 31 heavy (non-hydrogen) atoms. The van der Waals surface area contributed by atoms with E-state index in [1.54, 1.807) is 19.1 Å². The van der Waals surface area contributed by atoms with Crippen LogP contribution in [0, 0.1) is 24.5 Å². The van der Waals surface area contributed by atoms with E-state index in [-0.39, 0.29) is 16.5 Å². The molecule has 0 unspecified atom stereocenters. The van der Waals surface area contributed by atoms with Crippen LogP contribution >= 0.6 is 0 Å². The van der Waals surface area contributed by atoms with E-state index < -0.39 is 27.3 Å². The van der Waals surface area contributed by atoms with Crippen molar-refractivity contribution < 1.29 is 17.2 Å². The van der Waals surface area contributed by atoms with Crippen molar-refractivity contribution in [3.05, 3.63) is 76.0 Å². The molecule has 2 heterocycles. The minimum absolute atomic E-state index is 0.0847. The second-order valence-electron chi connectivity index (χ2n) is 7.69. The number of sulfonamides is 1. The average Bonchev–Trinajstić information content (AvgIpc) is 3.08. The van der Waals surface area contributed by atoms with Crippen LogP contribution in [-0.2, 0) is 16.4 Å². The zero-order valence-electron chi connectivity index (χ0n) is 16.9. The van der Waals surface area contributed by atoms with Gasteiger partial charge in [0.2, 0.25) is 10.0 Å². The number of nitrogens with zero attached hydrogens (tertiary/aromatic N) is 3. The van der Waals surface area contributed by atoms with Crippen molar-refractivity contribution in [3.63, 3.8) is 0 Å². The number of aromatic nitrogens is 3. The molecular weight excluding hydrogens is 426 g/mol. The fraction of sp³-hybridized carbons (Fsp3) is 0.333. The van der Waals surface area contributed by atoms with Gasteiger partial charge >= 0.3 is 5.69 Å². The molecule has 1 N–H and O–H groups in total. The highest BCUT2D eigenvalue weighted by Gasteiger charge is 2.31. The van der Waals surface area contributed by atoms with Crippen molar-refractivity contribution in [2.75, 3.05) is 13.1 Å². The molecule has 0 spiro atoms. The maximum atomic E-state index is 14.2. The topological polar surface area (TPSA) is 88.1 Å². The van der Waals surface area contributed by atoms with Crippen LogP contribution in [0.3, 0.4) is 0 Å². The largest absolute Gasteiger partial charge is 0.348 e. The second kappa shape index (κ2) is 8.35. The zero-order chi connectivity index (χ0) is 22.2. The first-order valence-electron chi connectivity index (χ1n) is 9.95. The third kappa shape index (κ3) is 4.17. The standard InChI is InChI=1S/C21H22F2N4O3S/c1-14-12-16(22)6-7-19(14)31(29,30)26-10-8-15(9-11-26)13-20-24-25-21(28)27(20)18-5-3-2-4-17(18)23/h2-7,12,15H,8-11,13H2,1H3,(H,25,28). The number of halogens is 2.